The Labute approximate surface area is 93.2 Å². The van der Waals surface area contributed by atoms with Gasteiger partial charge in [0, 0.05) is 19.1 Å². The minimum absolute atomic E-state index is 0.440. The lowest BCUT2D eigenvalue weighted by Crippen LogP contribution is -2.34. The molecule has 1 atom stereocenters. The zero-order chi connectivity index (χ0) is 10.8. The summed E-state index contributed by atoms with van der Waals surface area (Å²) >= 11 is 0. The summed E-state index contributed by atoms with van der Waals surface area (Å²) in [6, 6.07) is 8.80. The first-order valence-electron chi connectivity index (χ1n) is 5.50. The molecule has 16 heavy (non-hydrogen) atoms. The second-order valence-electron chi connectivity index (χ2n) is 3.92. The summed E-state index contributed by atoms with van der Waals surface area (Å²) < 4.78 is 5.56. The summed E-state index contributed by atoms with van der Waals surface area (Å²) in [5.41, 5.74) is 7.99. The van der Waals surface area contributed by atoms with Crippen molar-refractivity contribution in [3.05, 3.63) is 24.3 Å². The summed E-state index contributed by atoms with van der Waals surface area (Å²) in [5, 5.41) is 3.20. The number of para-hydroxylation sites is 2. The molecule has 0 saturated carbocycles. The highest BCUT2D eigenvalue weighted by Crippen LogP contribution is 2.17. The molecule has 0 spiro atoms. The number of nitrogens with one attached hydrogen (secondary N) is 3. The lowest BCUT2D eigenvalue weighted by atomic mass is 10.2. The van der Waals surface area contributed by atoms with Crippen molar-refractivity contribution in [3.63, 3.8) is 0 Å². The fraction of sp³-hybridized carbons (Fsp3) is 0.364. The van der Waals surface area contributed by atoms with Gasteiger partial charge in [0.1, 0.15) is 5.52 Å². The molecule has 0 radical (unpaired) electrons. The molecule has 3 N–H and O–H groups in total. The smallest absolute Gasteiger partial charge is 0.295 e. The van der Waals surface area contributed by atoms with Crippen molar-refractivity contribution in [2.75, 3.05) is 18.4 Å². The summed E-state index contributed by atoms with van der Waals surface area (Å²) in [7, 11) is 0. The van der Waals surface area contributed by atoms with Crippen LogP contribution in [0.3, 0.4) is 0 Å². The van der Waals surface area contributed by atoms with Crippen LogP contribution in [-0.4, -0.2) is 24.1 Å². The van der Waals surface area contributed by atoms with E-state index in [2.05, 4.69) is 21.2 Å². The molecular weight excluding hydrogens is 204 g/mol. The first-order valence-corrected chi connectivity index (χ1v) is 5.50. The van der Waals surface area contributed by atoms with E-state index in [-0.39, 0.29) is 0 Å². The number of anilines is 1. The van der Waals surface area contributed by atoms with Gasteiger partial charge in [0.25, 0.3) is 6.01 Å². The Balaban J connectivity index is 1.69. The van der Waals surface area contributed by atoms with E-state index in [1.165, 1.54) is 0 Å². The van der Waals surface area contributed by atoms with Crippen LogP contribution in [0.15, 0.2) is 28.7 Å². The van der Waals surface area contributed by atoms with E-state index in [1.54, 1.807) is 0 Å². The topological polar surface area (TPSA) is 62.1 Å². The van der Waals surface area contributed by atoms with Crippen LogP contribution in [0.5, 0.6) is 0 Å². The molecule has 2 aromatic rings. The predicted molar refractivity (Wildman–Crippen MR) is 62.0 cm³/mol. The summed E-state index contributed by atoms with van der Waals surface area (Å²) in [4.78, 5) is 4.35. The fourth-order valence-corrected chi connectivity index (χ4v) is 1.85. The van der Waals surface area contributed by atoms with E-state index in [0.717, 1.165) is 30.6 Å². The van der Waals surface area contributed by atoms with E-state index < -0.39 is 0 Å². The minimum atomic E-state index is 0.440. The fourth-order valence-electron chi connectivity index (χ4n) is 1.85. The van der Waals surface area contributed by atoms with Crippen molar-refractivity contribution < 1.29 is 4.42 Å². The highest BCUT2D eigenvalue weighted by atomic mass is 16.4. The number of hydrogen-bond donors (Lipinski definition) is 3. The Morgan fingerprint density at radius 1 is 1.44 bits per heavy atom. The molecule has 0 aliphatic carbocycles. The van der Waals surface area contributed by atoms with Crippen LogP contribution in [0.2, 0.25) is 0 Å². The normalized spacial score (nSPS) is 20.4. The maximum atomic E-state index is 5.56. The molecule has 1 aliphatic rings. The molecule has 3 rings (SSSR count). The van der Waals surface area contributed by atoms with Gasteiger partial charge >= 0.3 is 0 Å². The second kappa shape index (κ2) is 4.11. The number of hydrazine groups is 1. The first-order chi connectivity index (χ1) is 7.92. The van der Waals surface area contributed by atoms with Crippen LogP contribution in [0.25, 0.3) is 11.1 Å². The molecule has 1 saturated heterocycles. The number of nitrogens with zero attached hydrogens (tertiary/aromatic N) is 1. The zero-order valence-corrected chi connectivity index (χ0v) is 8.86. The van der Waals surface area contributed by atoms with Crippen LogP contribution in [-0.2, 0) is 0 Å². The number of rotatable bonds is 3. The average Bonchev–Trinajstić information content (AvgIpc) is 2.95. The second-order valence-corrected chi connectivity index (χ2v) is 3.92. The third-order valence-corrected chi connectivity index (χ3v) is 2.72. The van der Waals surface area contributed by atoms with Gasteiger partial charge in [-0.05, 0) is 18.6 Å². The van der Waals surface area contributed by atoms with E-state index in [1.807, 2.05) is 24.3 Å². The van der Waals surface area contributed by atoms with E-state index in [9.17, 15) is 0 Å². The van der Waals surface area contributed by atoms with Crippen molar-refractivity contribution in [1.82, 2.24) is 15.8 Å². The van der Waals surface area contributed by atoms with Gasteiger partial charge in [-0.3, -0.25) is 10.9 Å². The maximum absolute atomic E-state index is 5.56. The molecule has 5 heteroatoms. The average molecular weight is 218 g/mol. The quantitative estimate of drug-likeness (QED) is 0.720. The highest BCUT2D eigenvalue weighted by molar-refractivity contribution is 5.74. The Morgan fingerprint density at radius 3 is 3.19 bits per heavy atom. The van der Waals surface area contributed by atoms with Gasteiger partial charge in [-0.15, -0.1) is 0 Å². The van der Waals surface area contributed by atoms with Gasteiger partial charge in [0.15, 0.2) is 5.58 Å². The van der Waals surface area contributed by atoms with Crippen LogP contribution < -0.4 is 16.2 Å². The van der Waals surface area contributed by atoms with Gasteiger partial charge in [-0.1, -0.05) is 12.1 Å². The standard InChI is InChI=1S/C11H14N4O/c1-2-4-10-9(3-1)14-11(16-10)12-7-8-5-6-13-15-8/h1-4,8,13,15H,5-7H2,(H,12,14). The molecule has 1 aliphatic heterocycles. The van der Waals surface area contributed by atoms with Crippen molar-refractivity contribution in [2.45, 2.75) is 12.5 Å². The molecule has 5 nitrogen and oxygen atoms in total. The van der Waals surface area contributed by atoms with Crippen LogP contribution in [0.4, 0.5) is 6.01 Å². The lowest BCUT2D eigenvalue weighted by Gasteiger charge is -2.08. The molecule has 0 amide bonds. The largest absolute Gasteiger partial charge is 0.424 e. The number of fused-ring (bicyclic) bond motifs is 1. The molecule has 84 valence electrons. The monoisotopic (exact) mass is 218 g/mol. The summed E-state index contributed by atoms with van der Waals surface area (Å²) in [6.07, 6.45) is 1.12. The highest BCUT2D eigenvalue weighted by Gasteiger charge is 2.14. The van der Waals surface area contributed by atoms with Gasteiger partial charge in [0.05, 0.1) is 0 Å². The summed E-state index contributed by atoms with van der Waals surface area (Å²) in [6.45, 7) is 1.83. The Bertz CT molecular complexity index is 443. The number of aromatic nitrogens is 1. The molecule has 1 aromatic heterocycles. The molecule has 1 unspecified atom stereocenters. The Kier molecular flexibility index (Phi) is 2.47. The molecule has 1 aromatic carbocycles. The van der Waals surface area contributed by atoms with Gasteiger partial charge < -0.3 is 9.73 Å². The van der Waals surface area contributed by atoms with Crippen molar-refractivity contribution in [1.29, 1.82) is 0 Å². The van der Waals surface area contributed by atoms with Gasteiger partial charge in [-0.2, -0.15) is 4.98 Å². The maximum Gasteiger partial charge on any atom is 0.295 e. The first kappa shape index (κ1) is 9.62. The van der Waals surface area contributed by atoms with E-state index >= 15 is 0 Å². The van der Waals surface area contributed by atoms with E-state index in [0.29, 0.717) is 12.1 Å². The molecular formula is C11H14N4O. The molecule has 0 bridgehead atoms. The van der Waals surface area contributed by atoms with Crippen LogP contribution in [0.1, 0.15) is 6.42 Å². The van der Waals surface area contributed by atoms with Gasteiger partial charge in [-0.25, -0.2) is 0 Å². The van der Waals surface area contributed by atoms with Crippen molar-refractivity contribution in [2.24, 2.45) is 0 Å². The van der Waals surface area contributed by atoms with Gasteiger partial charge in [0.2, 0.25) is 0 Å². The molecule has 1 fully saturated rings. The van der Waals surface area contributed by atoms with Crippen LogP contribution >= 0.6 is 0 Å². The summed E-state index contributed by atoms with van der Waals surface area (Å²) in [5.74, 6) is 0. The molecule has 2 heterocycles. The lowest BCUT2D eigenvalue weighted by molar-refractivity contribution is 0.557. The van der Waals surface area contributed by atoms with Crippen molar-refractivity contribution in [3.8, 4) is 0 Å². The number of hydrogen-bond acceptors (Lipinski definition) is 5. The predicted octanol–water partition coefficient (Wildman–Crippen LogP) is 1.11. The third kappa shape index (κ3) is 1.87. The Morgan fingerprint density at radius 2 is 2.38 bits per heavy atom. The minimum Gasteiger partial charge on any atom is -0.424 e. The van der Waals surface area contributed by atoms with E-state index in [4.69, 9.17) is 4.42 Å². The van der Waals surface area contributed by atoms with Crippen LogP contribution in [0, 0.1) is 0 Å². The number of oxazole rings is 1. The third-order valence-electron chi connectivity index (χ3n) is 2.72. The van der Waals surface area contributed by atoms with Crippen molar-refractivity contribution >= 4 is 17.1 Å². The SMILES string of the molecule is c1ccc2oc(NCC3CCNN3)nc2c1. The Hall–Kier alpha value is -1.59. The number of benzene rings is 1. The zero-order valence-electron chi connectivity index (χ0n) is 8.86.